The first kappa shape index (κ1) is 14.1. The predicted octanol–water partition coefficient (Wildman–Crippen LogP) is 3.14. The summed E-state index contributed by atoms with van der Waals surface area (Å²) >= 11 is 3.56. The summed E-state index contributed by atoms with van der Waals surface area (Å²) in [5, 5.41) is 0. The summed E-state index contributed by atoms with van der Waals surface area (Å²) in [6.45, 7) is 0. The van der Waals surface area contributed by atoms with Gasteiger partial charge in [0.25, 0.3) is 0 Å². The average molecular weight is 343 g/mol. The summed E-state index contributed by atoms with van der Waals surface area (Å²) in [5.41, 5.74) is 6.62. The van der Waals surface area contributed by atoms with E-state index in [1.54, 1.807) is 6.20 Å². The summed E-state index contributed by atoms with van der Waals surface area (Å²) in [6.07, 6.45) is 2.52. The zero-order valence-electron chi connectivity index (χ0n) is 11.3. The van der Waals surface area contributed by atoms with Crippen LogP contribution in [-0.2, 0) is 6.42 Å². The van der Waals surface area contributed by atoms with Gasteiger partial charge >= 0.3 is 0 Å². The van der Waals surface area contributed by atoms with Gasteiger partial charge in [0.1, 0.15) is 0 Å². The van der Waals surface area contributed by atoms with Gasteiger partial charge in [-0.05, 0) is 30.2 Å². The van der Waals surface area contributed by atoms with Gasteiger partial charge in [-0.15, -0.1) is 0 Å². The van der Waals surface area contributed by atoms with Crippen LogP contribution in [-0.4, -0.2) is 9.97 Å². The van der Waals surface area contributed by atoms with E-state index in [-0.39, 0.29) is 6.04 Å². The molecule has 0 radical (unpaired) electrons. The highest BCUT2D eigenvalue weighted by Crippen LogP contribution is 2.23. The lowest BCUT2D eigenvalue weighted by Crippen LogP contribution is -2.30. The van der Waals surface area contributed by atoms with E-state index in [1.807, 2.05) is 42.5 Å². The van der Waals surface area contributed by atoms with E-state index in [9.17, 15) is 0 Å². The number of nitrogens with two attached hydrogens (primary N) is 1. The molecule has 1 aromatic heterocycles. The molecule has 0 fully saturated rings. The van der Waals surface area contributed by atoms with E-state index in [4.69, 9.17) is 5.84 Å². The standard InChI is InChI=1S/C16H15BrN4/c17-12-6-2-1-5-11(12)9-15(21-18)16-10-19-13-7-3-4-8-14(13)20-16/h1-8,10,15,21H,9,18H2. The Balaban J connectivity index is 1.93. The van der Waals surface area contributed by atoms with Gasteiger partial charge in [-0.2, -0.15) is 0 Å². The number of rotatable bonds is 4. The second-order valence-electron chi connectivity index (χ2n) is 4.80. The molecule has 0 aliphatic heterocycles. The van der Waals surface area contributed by atoms with Crippen molar-refractivity contribution in [3.8, 4) is 0 Å². The van der Waals surface area contributed by atoms with Crippen molar-refractivity contribution in [3.05, 3.63) is 70.5 Å². The minimum Gasteiger partial charge on any atom is -0.271 e. The van der Waals surface area contributed by atoms with Crippen LogP contribution in [0.15, 0.2) is 59.2 Å². The molecular formula is C16H15BrN4. The Morgan fingerprint density at radius 3 is 2.52 bits per heavy atom. The third-order valence-electron chi connectivity index (χ3n) is 3.41. The van der Waals surface area contributed by atoms with E-state index >= 15 is 0 Å². The Labute approximate surface area is 131 Å². The second-order valence-corrected chi connectivity index (χ2v) is 5.65. The number of nitrogens with one attached hydrogen (secondary N) is 1. The zero-order chi connectivity index (χ0) is 14.7. The van der Waals surface area contributed by atoms with E-state index in [2.05, 4.69) is 37.4 Å². The maximum absolute atomic E-state index is 5.71. The summed E-state index contributed by atoms with van der Waals surface area (Å²) in [6, 6.07) is 15.8. The molecule has 1 atom stereocenters. The van der Waals surface area contributed by atoms with Gasteiger partial charge in [-0.1, -0.05) is 46.3 Å². The molecule has 2 aromatic carbocycles. The fraction of sp³-hybridized carbons (Fsp3) is 0.125. The molecule has 3 aromatic rings. The Morgan fingerprint density at radius 2 is 1.76 bits per heavy atom. The normalized spacial score (nSPS) is 12.5. The van der Waals surface area contributed by atoms with E-state index < -0.39 is 0 Å². The van der Waals surface area contributed by atoms with Gasteiger partial charge in [0, 0.05) is 4.47 Å². The monoisotopic (exact) mass is 342 g/mol. The molecule has 0 amide bonds. The molecule has 1 unspecified atom stereocenters. The number of fused-ring (bicyclic) bond motifs is 1. The number of aromatic nitrogens is 2. The summed E-state index contributed by atoms with van der Waals surface area (Å²) in [5.74, 6) is 5.71. The third-order valence-corrected chi connectivity index (χ3v) is 4.18. The number of hydrogen-bond acceptors (Lipinski definition) is 4. The Hall–Kier alpha value is -1.82. The molecule has 0 saturated carbocycles. The van der Waals surface area contributed by atoms with Crippen molar-refractivity contribution >= 4 is 27.0 Å². The number of halogens is 1. The molecule has 0 aliphatic rings. The fourth-order valence-corrected chi connectivity index (χ4v) is 2.72. The molecule has 5 heteroatoms. The second kappa shape index (κ2) is 6.30. The summed E-state index contributed by atoms with van der Waals surface area (Å²) < 4.78 is 1.07. The number of benzene rings is 2. The van der Waals surface area contributed by atoms with Crippen molar-refractivity contribution in [1.82, 2.24) is 15.4 Å². The van der Waals surface area contributed by atoms with Crippen LogP contribution in [0, 0.1) is 0 Å². The molecule has 3 N–H and O–H groups in total. The maximum Gasteiger partial charge on any atom is 0.0890 e. The van der Waals surface area contributed by atoms with Crippen LogP contribution in [0.2, 0.25) is 0 Å². The van der Waals surface area contributed by atoms with Gasteiger partial charge in [-0.3, -0.25) is 16.3 Å². The van der Waals surface area contributed by atoms with Gasteiger partial charge in [-0.25, -0.2) is 4.98 Å². The highest BCUT2D eigenvalue weighted by Gasteiger charge is 2.14. The highest BCUT2D eigenvalue weighted by molar-refractivity contribution is 9.10. The quantitative estimate of drug-likeness (QED) is 0.564. The molecule has 1 heterocycles. The van der Waals surface area contributed by atoms with Gasteiger partial charge in [0.2, 0.25) is 0 Å². The number of nitrogens with zero attached hydrogens (tertiary/aromatic N) is 2. The van der Waals surface area contributed by atoms with Crippen LogP contribution >= 0.6 is 15.9 Å². The van der Waals surface area contributed by atoms with Gasteiger partial charge in [0.05, 0.1) is 29.0 Å². The average Bonchev–Trinajstić information content (AvgIpc) is 2.54. The lowest BCUT2D eigenvalue weighted by Gasteiger charge is -2.16. The summed E-state index contributed by atoms with van der Waals surface area (Å²) in [7, 11) is 0. The molecule has 21 heavy (non-hydrogen) atoms. The van der Waals surface area contributed by atoms with Crippen LogP contribution < -0.4 is 11.3 Å². The maximum atomic E-state index is 5.71. The molecule has 0 saturated heterocycles. The SMILES string of the molecule is NNC(Cc1ccccc1Br)c1cnc2ccccc2n1. The van der Waals surface area contributed by atoms with E-state index in [1.165, 1.54) is 5.56 Å². The minimum absolute atomic E-state index is 0.0826. The summed E-state index contributed by atoms with van der Waals surface area (Å²) in [4.78, 5) is 9.10. The molecule has 0 aliphatic carbocycles. The van der Waals surface area contributed by atoms with Crippen LogP contribution in [0.3, 0.4) is 0 Å². The molecule has 106 valence electrons. The topological polar surface area (TPSA) is 63.8 Å². The first-order chi connectivity index (χ1) is 10.3. The van der Waals surface area contributed by atoms with Crippen molar-refractivity contribution in [2.45, 2.75) is 12.5 Å². The molecule has 3 rings (SSSR count). The smallest absolute Gasteiger partial charge is 0.0890 e. The Morgan fingerprint density at radius 1 is 1.05 bits per heavy atom. The zero-order valence-corrected chi connectivity index (χ0v) is 12.9. The highest BCUT2D eigenvalue weighted by atomic mass is 79.9. The molecule has 0 spiro atoms. The number of hydrogen-bond donors (Lipinski definition) is 2. The van der Waals surface area contributed by atoms with Crippen molar-refractivity contribution in [3.63, 3.8) is 0 Å². The predicted molar refractivity (Wildman–Crippen MR) is 87.4 cm³/mol. The molecule has 4 nitrogen and oxygen atoms in total. The van der Waals surface area contributed by atoms with E-state index in [0.29, 0.717) is 0 Å². The Bertz CT molecular complexity index is 760. The van der Waals surface area contributed by atoms with E-state index in [0.717, 1.165) is 27.6 Å². The first-order valence-corrected chi connectivity index (χ1v) is 7.48. The van der Waals surface area contributed by atoms with Crippen molar-refractivity contribution in [1.29, 1.82) is 0 Å². The largest absolute Gasteiger partial charge is 0.271 e. The number of para-hydroxylation sites is 2. The van der Waals surface area contributed by atoms with Gasteiger partial charge < -0.3 is 0 Å². The third kappa shape index (κ3) is 3.10. The van der Waals surface area contributed by atoms with Crippen LogP contribution in [0.1, 0.15) is 17.3 Å². The van der Waals surface area contributed by atoms with Crippen molar-refractivity contribution < 1.29 is 0 Å². The lowest BCUT2D eigenvalue weighted by atomic mass is 10.0. The van der Waals surface area contributed by atoms with Crippen LogP contribution in [0.25, 0.3) is 11.0 Å². The first-order valence-electron chi connectivity index (χ1n) is 6.69. The molecular weight excluding hydrogens is 328 g/mol. The van der Waals surface area contributed by atoms with Crippen LogP contribution in [0.5, 0.6) is 0 Å². The minimum atomic E-state index is -0.0826. The molecule has 0 bridgehead atoms. The lowest BCUT2D eigenvalue weighted by molar-refractivity contribution is 0.537. The van der Waals surface area contributed by atoms with Crippen molar-refractivity contribution in [2.75, 3.05) is 0 Å². The number of hydrazine groups is 1. The van der Waals surface area contributed by atoms with Crippen LogP contribution in [0.4, 0.5) is 0 Å². The van der Waals surface area contributed by atoms with Gasteiger partial charge in [0.15, 0.2) is 0 Å². The fourth-order valence-electron chi connectivity index (χ4n) is 2.27. The Kier molecular flexibility index (Phi) is 4.24. The van der Waals surface area contributed by atoms with Crippen molar-refractivity contribution in [2.24, 2.45) is 5.84 Å².